The Bertz CT molecular complexity index is 913. The van der Waals surface area contributed by atoms with Gasteiger partial charge < -0.3 is 10.6 Å². The smallest absolute Gasteiger partial charge is 0.308 e. The van der Waals surface area contributed by atoms with Gasteiger partial charge in [0, 0.05) is 27.9 Å². The van der Waals surface area contributed by atoms with E-state index in [4.69, 9.17) is 0 Å². The summed E-state index contributed by atoms with van der Waals surface area (Å²) >= 11 is 3.35. The molecule has 3 N–H and O–H groups in total. The summed E-state index contributed by atoms with van der Waals surface area (Å²) in [6.07, 6.45) is 0. The Labute approximate surface area is 148 Å². The van der Waals surface area contributed by atoms with Gasteiger partial charge in [0.05, 0.1) is 10.6 Å². The molecule has 0 aliphatic heterocycles. The van der Waals surface area contributed by atoms with Crippen molar-refractivity contribution in [3.63, 3.8) is 0 Å². The number of anilines is 2. The molecule has 0 radical (unpaired) electrons. The minimum atomic E-state index is -0.511. The van der Waals surface area contributed by atoms with Crippen molar-refractivity contribution in [2.75, 3.05) is 10.6 Å². The van der Waals surface area contributed by atoms with Crippen LogP contribution in [-0.2, 0) is 0 Å². The van der Waals surface area contributed by atoms with Gasteiger partial charge in [0.25, 0.3) is 5.69 Å². The van der Waals surface area contributed by atoms with E-state index in [2.05, 4.69) is 47.2 Å². The number of nitro groups is 1. The van der Waals surface area contributed by atoms with Crippen LogP contribution in [0.15, 0.2) is 46.9 Å². The lowest BCUT2D eigenvalue weighted by molar-refractivity contribution is -0.384. The van der Waals surface area contributed by atoms with Gasteiger partial charge in [-0.25, -0.2) is 9.89 Å². The molecule has 0 atom stereocenters. The summed E-state index contributed by atoms with van der Waals surface area (Å²) in [6, 6.07) is 10.2. The normalized spacial score (nSPS) is 10.3. The Morgan fingerprint density at radius 2 is 1.92 bits per heavy atom. The third-order valence-electron chi connectivity index (χ3n) is 3.17. The lowest BCUT2D eigenvalue weighted by Gasteiger charge is -2.11. The summed E-state index contributed by atoms with van der Waals surface area (Å²) in [5.74, 6) is 0.395. The average Bonchev–Trinajstić information content (AvgIpc) is 3.11. The molecule has 2 amide bonds. The number of aromatic amines is 1. The first kappa shape index (κ1) is 16.5. The molecule has 1 aromatic heterocycles. The number of amides is 2. The summed E-state index contributed by atoms with van der Waals surface area (Å²) in [4.78, 5) is 22.3. The van der Waals surface area contributed by atoms with Crippen molar-refractivity contribution in [1.82, 2.24) is 20.6 Å². The van der Waals surface area contributed by atoms with Gasteiger partial charge in [0.2, 0.25) is 0 Å². The number of H-pyrrole nitrogens is 1. The number of hydrogen-bond acceptors (Lipinski definition) is 6. The Hall–Kier alpha value is -3.34. The molecule has 0 spiro atoms. The Balaban J connectivity index is 1.76. The Morgan fingerprint density at radius 3 is 2.56 bits per heavy atom. The second kappa shape index (κ2) is 7.05. The van der Waals surface area contributed by atoms with E-state index in [0.717, 1.165) is 4.47 Å². The topological polar surface area (TPSA) is 139 Å². The maximum Gasteiger partial charge on any atom is 0.323 e. The second-order valence-electron chi connectivity index (χ2n) is 4.82. The number of benzene rings is 2. The van der Waals surface area contributed by atoms with E-state index in [9.17, 15) is 14.9 Å². The van der Waals surface area contributed by atoms with Crippen LogP contribution in [-0.4, -0.2) is 31.6 Å². The van der Waals surface area contributed by atoms with Gasteiger partial charge in [0.1, 0.15) is 0 Å². The lowest BCUT2D eigenvalue weighted by Crippen LogP contribution is -2.19. The minimum absolute atomic E-state index is 0.0565. The molecule has 126 valence electrons. The number of carbonyl (C=O) groups is 1. The number of aromatic nitrogens is 4. The highest BCUT2D eigenvalue weighted by Gasteiger charge is 2.13. The molecule has 0 saturated heterocycles. The molecule has 0 fully saturated rings. The molecule has 0 bridgehead atoms. The average molecular weight is 404 g/mol. The van der Waals surface area contributed by atoms with E-state index in [0.29, 0.717) is 22.8 Å². The Morgan fingerprint density at radius 1 is 1.16 bits per heavy atom. The molecule has 3 rings (SSSR count). The van der Waals surface area contributed by atoms with Crippen LogP contribution in [0.2, 0.25) is 0 Å². The third-order valence-corrected chi connectivity index (χ3v) is 3.66. The minimum Gasteiger partial charge on any atom is -0.308 e. The zero-order chi connectivity index (χ0) is 17.8. The summed E-state index contributed by atoms with van der Waals surface area (Å²) in [5, 5.41) is 29.4. The van der Waals surface area contributed by atoms with Gasteiger partial charge in [-0.15, -0.1) is 5.10 Å². The van der Waals surface area contributed by atoms with E-state index < -0.39 is 11.0 Å². The molecule has 0 aliphatic rings. The molecule has 0 saturated carbocycles. The molecule has 0 unspecified atom stereocenters. The summed E-state index contributed by atoms with van der Waals surface area (Å²) in [7, 11) is 0. The van der Waals surface area contributed by atoms with Crippen LogP contribution < -0.4 is 10.6 Å². The highest BCUT2D eigenvalue weighted by Crippen LogP contribution is 2.28. The zero-order valence-corrected chi connectivity index (χ0v) is 14.0. The van der Waals surface area contributed by atoms with E-state index in [1.54, 1.807) is 18.2 Å². The molecule has 1 heterocycles. The van der Waals surface area contributed by atoms with Crippen molar-refractivity contribution >= 4 is 39.0 Å². The number of tetrazole rings is 1. The quantitative estimate of drug-likeness (QED) is 0.451. The summed E-state index contributed by atoms with van der Waals surface area (Å²) < 4.78 is 0.792. The van der Waals surface area contributed by atoms with Crippen LogP contribution in [0.5, 0.6) is 0 Å². The number of nitrogens with zero attached hydrogens (tertiary/aromatic N) is 4. The maximum atomic E-state index is 12.2. The van der Waals surface area contributed by atoms with Crippen molar-refractivity contribution in [3.05, 3.63) is 57.1 Å². The van der Waals surface area contributed by atoms with E-state index >= 15 is 0 Å². The van der Waals surface area contributed by atoms with Crippen LogP contribution in [0.3, 0.4) is 0 Å². The first-order valence-corrected chi connectivity index (χ1v) is 7.68. The molecular weight excluding hydrogens is 394 g/mol. The number of rotatable bonds is 4. The fourth-order valence-electron chi connectivity index (χ4n) is 2.05. The van der Waals surface area contributed by atoms with Gasteiger partial charge in [-0.05, 0) is 40.8 Å². The number of hydrogen-bond donors (Lipinski definition) is 3. The number of urea groups is 1. The maximum absolute atomic E-state index is 12.2. The largest absolute Gasteiger partial charge is 0.323 e. The van der Waals surface area contributed by atoms with Crippen LogP contribution in [0, 0.1) is 10.1 Å². The van der Waals surface area contributed by atoms with Crippen LogP contribution >= 0.6 is 15.9 Å². The monoisotopic (exact) mass is 403 g/mol. The van der Waals surface area contributed by atoms with Crippen LogP contribution in [0.1, 0.15) is 0 Å². The lowest BCUT2D eigenvalue weighted by atomic mass is 10.1. The predicted octanol–water partition coefficient (Wildman–Crippen LogP) is 3.18. The fraction of sp³-hybridized carbons (Fsp3) is 0. The molecule has 10 nitrogen and oxygen atoms in total. The number of nitro benzene ring substituents is 1. The zero-order valence-electron chi connectivity index (χ0n) is 12.4. The number of carbonyl (C=O) groups excluding carboxylic acids is 1. The second-order valence-corrected chi connectivity index (χ2v) is 5.74. The number of halogens is 1. The van der Waals surface area contributed by atoms with Gasteiger partial charge in [-0.2, -0.15) is 0 Å². The van der Waals surface area contributed by atoms with Gasteiger partial charge >= 0.3 is 6.03 Å². The molecular formula is C14H10BrN7O3. The van der Waals surface area contributed by atoms with Crippen molar-refractivity contribution in [1.29, 1.82) is 0 Å². The fourth-order valence-corrected chi connectivity index (χ4v) is 2.41. The molecule has 0 aliphatic carbocycles. The Kier molecular flexibility index (Phi) is 4.66. The molecule has 25 heavy (non-hydrogen) atoms. The van der Waals surface area contributed by atoms with Crippen molar-refractivity contribution in [3.8, 4) is 11.4 Å². The summed E-state index contributed by atoms with van der Waals surface area (Å²) in [5.41, 5.74) is 1.45. The first-order valence-electron chi connectivity index (χ1n) is 6.89. The van der Waals surface area contributed by atoms with E-state index in [1.807, 2.05) is 0 Å². The van der Waals surface area contributed by atoms with E-state index in [-0.39, 0.29) is 5.69 Å². The van der Waals surface area contributed by atoms with Crippen molar-refractivity contribution in [2.24, 2.45) is 0 Å². The first-order chi connectivity index (χ1) is 12.0. The van der Waals surface area contributed by atoms with Crippen molar-refractivity contribution in [2.45, 2.75) is 0 Å². The molecule has 11 heteroatoms. The highest BCUT2D eigenvalue weighted by atomic mass is 79.9. The molecule has 2 aromatic carbocycles. The highest BCUT2D eigenvalue weighted by molar-refractivity contribution is 9.10. The number of nitrogens with one attached hydrogen (secondary N) is 3. The SMILES string of the molecule is O=C(Nc1ccc([N+](=O)[O-])cc1)Nc1ccc(Br)cc1-c1nnn[nH]1. The van der Waals surface area contributed by atoms with Gasteiger partial charge in [0.15, 0.2) is 5.82 Å². The van der Waals surface area contributed by atoms with Crippen LogP contribution in [0.25, 0.3) is 11.4 Å². The standard InChI is InChI=1S/C14H10BrN7O3/c15-8-1-6-12(11(7-8)13-18-20-21-19-13)17-14(23)16-9-2-4-10(5-3-9)22(24)25/h1-7H,(H2,16,17,23)(H,18,19,20,21). The van der Waals surface area contributed by atoms with Crippen molar-refractivity contribution < 1.29 is 9.72 Å². The molecule has 3 aromatic rings. The van der Waals surface area contributed by atoms with E-state index in [1.165, 1.54) is 24.3 Å². The predicted molar refractivity (Wildman–Crippen MR) is 93.1 cm³/mol. The van der Waals surface area contributed by atoms with Gasteiger partial charge in [-0.1, -0.05) is 15.9 Å². The number of non-ortho nitro benzene ring substituents is 1. The van der Waals surface area contributed by atoms with Gasteiger partial charge in [-0.3, -0.25) is 10.1 Å². The third kappa shape index (κ3) is 3.95. The van der Waals surface area contributed by atoms with Crippen LogP contribution in [0.4, 0.5) is 21.9 Å². The summed E-state index contributed by atoms with van der Waals surface area (Å²) in [6.45, 7) is 0.